The first kappa shape index (κ1) is 30.0. The van der Waals surface area contributed by atoms with Crippen LogP contribution in [0.15, 0.2) is 121 Å². The first-order valence-electron chi connectivity index (χ1n) is 10.2. The van der Waals surface area contributed by atoms with Gasteiger partial charge in [0.2, 0.25) is 0 Å². The topological polar surface area (TPSA) is 0 Å². The Balaban J connectivity index is 0.000000476. The summed E-state index contributed by atoms with van der Waals surface area (Å²) in [6.07, 6.45) is 0. The molecule has 0 aromatic heterocycles. The summed E-state index contributed by atoms with van der Waals surface area (Å²) in [5.74, 6) is 1.17. The van der Waals surface area contributed by atoms with Crippen LogP contribution in [-0.2, 0) is 19.5 Å². The molecule has 0 amide bonds. The molecule has 0 aliphatic heterocycles. The van der Waals surface area contributed by atoms with Gasteiger partial charge in [0.15, 0.2) is 0 Å². The van der Waals surface area contributed by atoms with Crippen LogP contribution >= 0.6 is 15.8 Å². The first-order chi connectivity index (χ1) is 15.9. The van der Waals surface area contributed by atoms with E-state index in [0.29, 0.717) is 0 Å². The smallest absolute Gasteiger partial charge is 0.00405 e. The molecule has 1 radical (unpaired) electrons. The van der Waals surface area contributed by atoms with E-state index < -0.39 is 35.3 Å². The van der Waals surface area contributed by atoms with Gasteiger partial charge in [0.05, 0.1) is 0 Å². The van der Waals surface area contributed by atoms with E-state index in [1.54, 1.807) is 0 Å². The maximum absolute atomic E-state index is 11.2. The second-order valence-corrected chi connectivity index (χ2v) is 17.7. The summed E-state index contributed by atoms with van der Waals surface area (Å²) in [6, 6.07) is 44.1. The molecule has 0 bridgehead atoms. The standard InChI is InChI=1S/C25H22P2.6FH.Rh.Sb/c1-5-13-22(14-6-1)26(23-15-7-2-8-16-23)21-27(24-17-9-3-10-18-24)25-19-11-4-12-20-25;;;;;;;;/h1-20H,21H2;6*1H;;/q;;;;;;;;+5/p-6. The van der Waals surface area contributed by atoms with Gasteiger partial charge in [-0.25, -0.2) is 0 Å². The molecule has 0 heterocycles. The van der Waals surface area contributed by atoms with Crippen LogP contribution in [0, 0.1) is 0 Å². The summed E-state index contributed by atoms with van der Waals surface area (Å²) in [4.78, 5) is 0. The van der Waals surface area contributed by atoms with Crippen LogP contribution in [0.2, 0.25) is 0 Å². The Morgan fingerprint density at radius 1 is 0.400 bits per heavy atom. The summed E-state index contributed by atoms with van der Waals surface area (Å²) in [7, 11) is -0.817. The average molecular weight is 723 g/mol. The van der Waals surface area contributed by atoms with E-state index in [2.05, 4.69) is 121 Å². The van der Waals surface area contributed by atoms with Crippen LogP contribution in [0.4, 0.5) is 16.9 Å². The van der Waals surface area contributed by atoms with Crippen molar-refractivity contribution in [1.82, 2.24) is 0 Å². The number of hydrogen-bond acceptors (Lipinski definition) is 0. The quantitative estimate of drug-likeness (QED) is 0.111. The molecular weight excluding hydrogens is 701 g/mol. The van der Waals surface area contributed by atoms with Crippen LogP contribution in [0.25, 0.3) is 0 Å². The van der Waals surface area contributed by atoms with Crippen molar-refractivity contribution in [2.45, 2.75) is 0 Å². The summed E-state index contributed by atoms with van der Waals surface area (Å²) >= 11 is -11.2. The van der Waals surface area contributed by atoms with Crippen molar-refractivity contribution in [1.29, 1.82) is 0 Å². The average Bonchev–Trinajstić information content (AvgIpc) is 2.80. The minimum absolute atomic E-state index is 0. The molecule has 0 nitrogen and oxygen atoms in total. The van der Waals surface area contributed by atoms with Crippen molar-refractivity contribution in [2.75, 3.05) is 5.90 Å². The predicted octanol–water partition coefficient (Wildman–Crippen LogP) is 7.35. The zero-order chi connectivity index (χ0) is 24.7. The van der Waals surface area contributed by atoms with E-state index in [0.717, 1.165) is 0 Å². The molecule has 0 atom stereocenters. The third kappa shape index (κ3) is 12.0. The Hall–Kier alpha value is -1.24. The van der Waals surface area contributed by atoms with E-state index in [4.69, 9.17) is 0 Å². The maximum atomic E-state index is 9.93. The third-order valence-corrected chi connectivity index (χ3v) is 10.5. The normalized spacial score (nSPS) is 13.1. The summed E-state index contributed by atoms with van der Waals surface area (Å²) < 4.78 is 59.6. The summed E-state index contributed by atoms with van der Waals surface area (Å²) in [5, 5.41) is 5.83. The van der Waals surface area contributed by atoms with Crippen LogP contribution in [0.5, 0.6) is 0 Å². The largest absolute Gasteiger partial charge is 0.0622 e. The van der Waals surface area contributed by atoms with Gasteiger partial charge in [0.1, 0.15) is 0 Å². The van der Waals surface area contributed by atoms with Gasteiger partial charge >= 0.3 is 36.4 Å². The van der Waals surface area contributed by atoms with Crippen molar-refractivity contribution in [3.8, 4) is 0 Å². The fraction of sp³-hybridized carbons (Fsp3) is 0.0400. The molecule has 0 unspecified atom stereocenters. The minimum atomic E-state index is -11.2. The Morgan fingerprint density at radius 3 is 0.743 bits per heavy atom. The molecule has 35 heavy (non-hydrogen) atoms. The van der Waals surface area contributed by atoms with Crippen LogP contribution < -0.4 is 21.2 Å². The van der Waals surface area contributed by atoms with E-state index in [-0.39, 0.29) is 19.5 Å². The van der Waals surface area contributed by atoms with E-state index in [9.17, 15) is 16.9 Å². The summed E-state index contributed by atoms with van der Waals surface area (Å²) in [6.45, 7) is 0. The fourth-order valence-corrected chi connectivity index (χ4v) is 9.67. The number of halogens is 6. The zero-order valence-electron chi connectivity index (χ0n) is 18.2. The van der Waals surface area contributed by atoms with Gasteiger partial charge in [-0.3, -0.25) is 0 Å². The van der Waals surface area contributed by atoms with Crippen molar-refractivity contribution in [3.05, 3.63) is 121 Å². The fourth-order valence-electron chi connectivity index (χ4n) is 3.20. The number of rotatable bonds is 6. The van der Waals surface area contributed by atoms with Gasteiger partial charge in [0, 0.05) is 25.4 Å². The van der Waals surface area contributed by atoms with Gasteiger partial charge in [-0.2, -0.15) is 0 Å². The van der Waals surface area contributed by atoms with Crippen LogP contribution in [0.1, 0.15) is 0 Å². The van der Waals surface area contributed by atoms with Crippen LogP contribution in [0.3, 0.4) is 0 Å². The van der Waals surface area contributed by atoms with Crippen molar-refractivity contribution in [2.24, 2.45) is 0 Å². The molecule has 10 heteroatoms. The number of benzene rings is 4. The number of hydrogen-bond donors (Lipinski definition) is 0. The Kier molecular flexibility index (Phi) is 10.2. The molecule has 189 valence electrons. The molecule has 0 aliphatic rings. The van der Waals surface area contributed by atoms with Crippen LogP contribution in [-0.4, -0.2) is 25.4 Å². The zero-order valence-corrected chi connectivity index (χ0v) is 24.2. The van der Waals surface area contributed by atoms with Crippen molar-refractivity contribution < 1.29 is 36.4 Å². The molecule has 0 saturated carbocycles. The predicted molar refractivity (Wildman–Crippen MR) is 135 cm³/mol. The van der Waals surface area contributed by atoms with Gasteiger partial charge in [0.25, 0.3) is 0 Å². The van der Waals surface area contributed by atoms with E-state index >= 15 is 0 Å². The first-order valence-corrected chi connectivity index (χ1v) is 19.0. The van der Waals surface area contributed by atoms with Gasteiger partial charge in [-0.05, 0) is 37.1 Å². The second kappa shape index (κ2) is 11.9. The Bertz CT molecular complexity index is 993. The maximum Gasteiger partial charge on any atom is 0.00405 e. The molecule has 0 N–H and O–H groups in total. The molecule has 4 aromatic rings. The monoisotopic (exact) mass is 722 g/mol. The molecular formula is C25H22F6P2RhSb-. The molecule has 0 fully saturated rings. The van der Waals surface area contributed by atoms with Gasteiger partial charge < -0.3 is 0 Å². The van der Waals surface area contributed by atoms with Gasteiger partial charge in [-0.15, -0.1) is 0 Å². The molecule has 4 aromatic carbocycles. The van der Waals surface area contributed by atoms with E-state index in [1.807, 2.05) is 0 Å². The molecule has 0 spiro atoms. The molecule has 0 saturated heterocycles. The minimum Gasteiger partial charge on any atom is -0.0622 e. The van der Waals surface area contributed by atoms with Crippen molar-refractivity contribution >= 4 is 56.5 Å². The third-order valence-electron chi connectivity index (χ3n) is 4.55. The SMILES string of the molecule is [F][Sb-]([F])([F])([F])([F])[F].[Rh].c1ccc(P(CP(c2ccccc2)c2ccccc2)c2ccccc2)cc1. The Labute approximate surface area is 218 Å². The van der Waals surface area contributed by atoms with Crippen molar-refractivity contribution in [3.63, 3.8) is 0 Å². The molecule has 4 rings (SSSR count). The molecule has 0 aliphatic carbocycles. The van der Waals surface area contributed by atoms with Gasteiger partial charge in [-0.1, -0.05) is 121 Å². The summed E-state index contributed by atoms with van der Waals surface area (Å²) in [5.41, 5.74) is 0. The van der Waals surface area contributed by atoms with E-state index in [1.165, 1.54) is 27.1 Å². The second-order valence-electron chi connectivity index (χ2n) is 7.30. The Morgan fingerprint density at radius 2 is 0.571 bits per heavy atom.